The number of fused-ring (bicyclic) bond motifs is 1. The van der Waals surface area contributed by atoms with E-state index < -0.39 is 0 Å². The number of anilines is 2. The van der Waals surface area contributed by atoms with Gasteiger partial charge in [0.1, 0.15) is 5.82 Å². The fraction of sp³-hybridized carbons (Fsp3) is 0.467. The number of hydrogen-bond donors (Lipinski definition) is 3. The summed E-state index contributed by atoms with van der Waals surface area (Å²) in [6, 6.07) is 8.00. The van der Waals surface area contributed by atoms with E-state index in [4.69, 9.17) is 0 Å². The molecule has 2 unspecified atom stereocenters. The maximum Gasteiger partial charge on any atom is 0.224 e. The van der Waals surface area contributed by atoms with Crippen molar-refractivity contribution < 1.29 is 5.11 Å². The fourth-order valence-electron chi connectivity index (χ4n) is 2.75. The van der Waals surface area contributed by atoms with Crippen LogP contribution in [0.5, 0.6) is 0 Å². The van der Waals surface area contributed by atoms with E-state index in [0.29, 0.717) is 5.95 Å². The van der Waals surface area contributed by atoms with E-state index in [-0.39, 0.29) is 12.1 Å². The molecule has 3 N–H and O–H groups in total. The Morgan fingerprint density at radius 1 is 1.15 bits per heavy atom. The Kier molecular flexibility index (Phi) is 3.69. The SMILES string of the molecule is CNc1nc(NC2CCCCC2O)c2ccccc2n1. The summed E-state index contributed by atoms with van der Waals surface area (Å²) in [5.41, 5.74) is 0.902. The molecule has 1 heterocycles. The molecule has 20 heavy (non-hydrogen) atoms. The molecular weight excluding hydrogens is 252 g/mol. The van der Waals surface area contributed by atoms with Gasteiger partial charge in [-0.1, -0.05) is 25.0 Å². The van der Waals surface area contributed by atoms with Gasteiger partial charge in [0.05, 0.1) is 17.7 Å². The second-order valence-corrected chi connectivity index (χ2v) is 5.27. The molecule has 5 nitrogen and oxygen atoms in total. The molecule has 1 saturated carbocycles. The van der Waals surface area contributed by atoms with E-state index in [1.165, 1.54) is 0 Å². The summed E-state index contributed by atoms with van der Waals surface area (Å²) in [7, 11) is 1.81. The lowest BCUT2D eigenvalue weighted by Crippen LogP contribution is -2.36. The summed E-state index contributed by atoms with van der Waals surface area (Å²) in [4.78, 5) is 8.95. The Morgan fingerprint density at radius 3 is 2.75 bits per heavy atom. The maximum atomic E-state index is 10.1. The van der Waals surface area contributed by atoms with Crippen molar-refractivity contribution in [3.8, 4) is 0 Å². The predicted octanol–water partition coefficient (Wildman–Crippen LogP) is 2.39. The van der Waals surface area contributed by atoms with Crippen LogP contribution in [-0.2, 0) is 0 Å². The fourth-order valence-corrected chi connectivity index (χ4v) is 2.75. The van der Waals surface area contributed by atoms with Crippen LogP contribution in [0.1, 0.15) is 25.7 Å². The summed E-state index contributed by atoms with van der Waals surface area (Å²) in [5, 5.41) is 17.5. The van der Waals surface area contributed by atoms with Crippen LogP contribution in [0.2, 0.25) is 0 Å². The lowest BCUT2D eigenvalue weighted by Gasteiger charge is -2.29. The van der Waals surface area contributed by atoms with Gasteiger partial charge in [0.15, 0.2) is 0 Å². The summed E-state index contributed by atoms with van der Waals surface area (Å²) in [5.74, 6) is 1.39. The van der Waals surface area contributed by atoms with Crippen molar-refractivity contribution in [2.75, 3.05) is 17.7 Å². The molecule has 1 aromatic carbocycles. The second kappa shape index (κ2) is 5.63. The molecule has 0 amide bonds. The number of para-hydroxylation sites is 1. The second-order valence-electron chi connectivity index (χ2n) is 5.27. The summed E-state index contributed by atoms with van der Waals surface area (Å²) in [6.07, 6.45) is 3.80. The molecule has 0 radical (unpaired) electrons. The number of aliphatic hydroxyl groups is 1. The van der Waals surface area contributed by atoms with E-state index in [1.54, 1.807) is 0 Å². The molecule has 1 fully saturated rings. The highest BCUT2D eigenvalue weighted by molar-refractivity contribution is 5.90. The van der Waals surface area contributed by atoms with Crippen LogP contribution in [-0.4, -0.2) is 34.3 Å². The van der Waals surface area contributed by atoms with Gasteiger partial charge in [-0.15, -0.1) is 0 Å². The van der Waals surface area contributed by atoms with Crippen molar-refractivity contribution in [3.63, 3.8) is 0 Å². The molecule has 2 aromatic rings. The number of nitrogens with one attached hydrogen (secondary N) is 2. The third kappa shape index (κ3) is 2.54. The van der Waals surface area contributed by atoms with Gasteiger partial charge in [-0.05, 0) is 25.0 Å². The van der Waals surface area contributed by atoms with Gasteiger partial charge in [-0.25, -0.2) is 4.98 Å². The van der Waals surface area contributed by atoms with Crippen molar-refractivity contribution in [3.05, 3.63) is 24.3 Å². The van der Waals surface area contributed by atoms with Crippen molar-refractivity contribution in [1.29, 1.82) is 0 Å². The molecule has 0 spiro atoms. The highest BCUT2D eigenvalue weighted by Gasteiger charge is 2.23. The highest BCUT2D eigenvalue weighted by Crippen LogP contribution is 2.26. The largest absolute Gasteiger partial charge is 0.391 e. The molecule has 0 bridgehead atoms. The van der Waals surface area contributed by atoms with Crippen LogP contribution in [0.15, 0.2) is 24.3 Å². The van der Waals surface area contributed by atoms with Crippen molar-refractivity contribution >= 4 is 22.7 Å². The molecule has 5 heteroatoms. The molecule has 0 aliphatic heterocycles. The molecule has 1 aliphatic rings. The number of benzene rings is 1. The quantitative estimate of drug-likeness (QED) is 0.800. The Morgan fingerprint density at radius 2 is 1.95 bits per heavy atom. The molecule has 1 aliphatic carbocycles. The lowest BCUT2D eigenvalue weighted by molar-refractivity contribution is 0.116. The lowest BCUT2D eigenvalue weighted by atomic mass is 9.92. The molecule has 1 aromatic heterocycles. The minimum atomic E-state index is -0.296. The summed E-state index contributed by atoms with van der Waals surface area (Å²) >= 11 is 0. The standard InChI is InChI=1S/C15H20N4O/c1-16-15-18-11-7-3-2-6-10(11)14(19-15)17-12-8-4-5-9-13(12)20/h2-3,6-7,12-13,20H,4-5,8-9H2,1H3,(H2,16,17,18,19). The zero-order chi connectivity index (χ0) is 13.9. The number of aliphatic hydroxyl groups excluding tert-OH is 1. The molecule has 106 valence electrons. The van der Waals surface area contributed by atoms with E-state index >= 15 is 0 Å². The molecule has 3 rings (SSSR count). The monoisotopic (exact) mass is 272 g/mol. The Hall–Kier alpha value is -1.88. The molecule has 2 atom stereocenters. The number of rotatable bonds is 3. The van der Waals surface area contributed by atoms with Crippen LogP contribution in [0.25, 0.3) is 10.9 Å². The highest BCUT2D eigenvalue weighted by atomic mass is 16.3. The van der Waals surface area contributed by atoms with E-state index in [9.17, 15) is 5.11 Å². The van der Waals surface area contributed by atoms with Crippen molar-refractivity contribution in [2.45, 2.75) is 37.8 Å². The van der Waals surface area contributed by atoms with Crippen LogP contribution in [0.4, 0.5) is 11.8 Å². The first-order chi connectivity index (χ1) is 9.78. The third-order valence-electron chi connectivity index (χ3n) is 3.88. The van der Waals surface area contributed by atoms with Gasteiger partial charge in [0.2, 0.25) is 5.95 Å². The van der Waals surface area contributed by atoms with E-state index in [1.807, 2.05) is 31.3 Å². The van der Waals surface area contributed by atoms with Crippen LogP contribution in [0, 0.1) is 0 Å². The predicted molar refractivity (Wildman–Crippen MR) is 81.0 cm³/mol. The summed E-state index contributed by atoms with van der Waals surface area (Å²) < 4.78 is 0. The smallest absolute Gasteiger partial charge is 0.224 e. The Labute approximate surface area is 118 Å². The minimum Gasteiger partial charge on any atom is -0.391 e. The number of nitrogens with zero attached hydrogens (tertiary/aromatic N) is 2. The van der Waals surface area contributed by atoms with Gasteiger partial charge < -0.3 is 15.7 Å². The number of aromatic nitrogens is 2. The van der Waals surface area contributed by atoms with Gasteiger partial charge in [-0.2, -0.15) is 4.98 Å². The molecular formula is C15H20N4O. The van der Waals surface area contributed by atoms with Gasteiger partial charge in [0.25, 0.3) is 0 Å². The van der Waals surface area contributed by atoms with Crippen molar-refractivity contribution in [1.82, 2.24) is 9.97 Å². The molecule has 0 saturated heterocycles. The Bertz CT molecular complexity index is 601. The zero-order valence-electron chi connectivity index (χ0n) is 11.6. The van der Waals surface area contributed by atoms with E-state index in [2.05, 4.69) is 20.6 Å². The number of hydrogen-bond acceptors (Lipinski definition) is 5. The van der Waals surface area contributed by atoms with Crippen LogP contribution in [0.3, 0.4) is 0 Å². The van der Waals surface area contributed by atoms with Gasteiger partial charge >= 0.3 is 0 Å². The van der Waals surface area contributed by atoms with Crippen LogP contribution >= 0.6 is 0 Å². The van der Waals surface area contributed by atoms with E-state index in [0.717, 1.165) is 42.4 Å². The summed E-state index contributed by atoms with van der Waals surface area (Å²) in [6.45, 7) is 0. The normalized spacial score (nSPS) is 22.7. The third-order valence-corrected chi connectivity index (χ3v) is 3.88. The van der Waals surface area contributed by atoms with Crippen LogP contribution < -0.4 is 10.6 Å². The Balaban J connectivity index is 1.96. The minimum absolute atomic E-state index is 0.0757. The average Bonchev–Trinajstić information content (AvgIpc) is 2.49. The van der Waals surface area contributed by atoms with Gasteiger partial charge in [0, 0.05) is 12.4 Å². The topological polar surface area (TPSA) is 70.1 Å². The maximum absolute atomic E-state index is 10.1. The first kappa shape index (κ1) is 13.1. The zero-order valence-corrected chi connectivity index (χ0v) is 11.6. The van der Waals surface area contributed by atoms with Gasteiger partial charge in [-0.3, -0.25) is 0 Å². The average molecular weight is 272 g/mol. The van der Waals surface area contributed by atoms with Crippen molar-refractivity contribution in [2.24, 2.45) is 0 Å². The first-order valence-corrected chi connectivity index (χ1v) is 7.17. The first-order valence-electron chi connectivity index (χ1n) is 7.17.